The molecule has 0 fully saturated rings. The zero-order valence-corrected chi connectivity index (χ0v) is 18.4. The monoisotopic (exact) mass is 399 g/mol. The Morgan fingerprint density at radius 1 is 1.10 bits per heavy atom. The lowest BCUT2D eigenvalue weighted by Gasteiger charge is -2.42. The maximum Gasteiger partial charge on any atom is 0.277 e. The number of hydrogen-bond acceptors (Lipinski definition) is 4. The number of benzene rings is 1. The summed E-state index contributed by atoms with van der Waals surface area (Å²) in [4.78, 5) is 26.3. The molecule has 0 aliphatic carbocycles. The van der Waals surface area contributed by atoms with E-state index in [-0.39, 0.29) is 28.8 Å². The van der Waals surface area contributed by atoms with Gasteiger partial charge in [-0.3, -0.25) is 19.3 Å². The largest absolute Gasteiger partial charge is 0.491 e. The Bertz CT molecular complexity index is 846. The van der Waals surface area contributed by atoms with Gasteiger partial charge in [0.15, 0.2) is 11.4 Å². The number of rotatable bonds is 5. The fourth-order valence-electron chi connectivity index (χ4n) is 3.16. The van der Waals surface area contributed by atoms with Crippen molar-refractivity contribution in [1.82, 2.24) is 9.58 Å². The summed E-state index contributed by atoms with van der Waals surface area (Å²) in [6.07, 6.45) is 4.18. The summed E-state index contributed by atoms with van der Waals surface area (Å²) in [5.41, 5.74) is 1.04. The molecule has 1 aliphatic heterocycles. The fraction of sp³-hybridized carbons (Fsp3) is 0.391. The quantitative estimate of drug-likeness (QED) is 0.707. The number of carbonyl (C=O) groups is 1. The van der Waals surface area contributed by atoms with Gasteiger partial charge in [0.05, 0.1) is 13.2 Å². The zero-order chi connectivity index (χ0) is 22.0. The van der Waals surface area contributed by atoms with Gasteiger partial charge in [0, 0.05) is 19.3 Å². The summed E-state index contributed by atoms with van der Waals surface area (Å²) in [7, 11) is 3.12. The van der Waals surface area contributed by atoms with Crippen LogP contribution in [-0.2, 0) is 0 Å². The Morgan fingerprint density at radius 2 is 1.72 bits per heavy atom. The van der Waals surface area contributed by atoms with Crippen molar-refractivity contribution >= 4 is 5.91 Å². The molecule has 158 valence electrons. The first-order valence-corrected chi connectivity index (χ1v) is 10.1. The number of aromatic nitrogens is 1. The van der Waals surface area contributed by atoms with E-state index in [1.807, 2.05) is 69.1 Å². The molecule has 0 spiro atoms. The van der Waals surface area contributed by atoms with Gasteiger partial charge in [-0.2, -0.15) is 0 Å². The molecule has 1 atom stereocenters. The number of ether oxygens (including phenoxy) is 1. The highest BCUT2D eigenvalue weighted by molar-refractivity contribution is 5.96. The van der Waals surface area contributed by atoms with Crippen LogP contribution in [0.3, 0.4) is 0 Å². The van der Waals surface area contributed by atoms with Crippen molar-refractivity contribution < 1.29 is 9.53 Å². The van der Waals surface area contributed by atoms with E-state index in [1.54, 1.807) is 22.8 Å². The third kappa shape index (κ3) is 5.08. The van der Waals surface area contributed by atoms with Crippen molar-refractivity contribution in [3.63, 3.8) is 0 Å². The average Bonchev–Trinajstić information content (AvgIpc) is 2.78. The van der Waals surface area contributed by atoms with Gasteiger partial charge in [0.1, 0.15) is 6.67 Å². The van der Waals surface area contributed by atoms with Gasteiger partial charge >= 0.3 is 0 Å². The molecular formula is C23H33N3O3. The molecule has 1 aliphatic rings. The second-order valence-corrected chi connectivity index (χ2v) is 5.94. The number of methoxy groups -OCH3 is 1. The Labute approximate surface area is 174 Å². The Balaban J connectivity index is 0.000000989. The normalized spacial score (nSPS) is 13.2. The molecule has 0 bridgehead atoms. The molecule has 1 aromatic heterocycles. The van der Waals surface area contributed by atoms with Gasteiger partial charge in [-0.15, -0.1) is 6.58 Å². The molecular weight excluding hydrogens is 366 g/mol. The molecule has 6 heteroatoms. The Kier molecular flexibility index (Phi) is 9.72. The van der Waals surface area contributed by atoms with Gasteiger partial charge in [-0.25, -0.2) is 0 Å². The lowest BCUT2D eigenvalue weighted by atomic mass is 10.0. The first-order chi connectivity index (χ1) is 14.1. The van der Waals surface area contributed by atoms with E-state index in [0.717, 1.165) is 5.56 Å². The molecule has 2 heterocycles. The number of pyridine rings is 1. The zero-order valence-electron chi connectivity index (χ0n) is 18.4. The van der Waals surface area contributed by atoms with Crippen LogP contribution < -0.4 is 15.2 Å². The Hall–Kier alpha value is -3.02. The molecule has 0 saturated heterocycles. The van der Waals surface area contributed by atoms with Gasteiger partial charge in [0.25, 0.3) is 5.91 Å². The second kappa shape index (κ2) is 11.7. The van der Waals surface area contributed by atoms with Gasteiger partial charge in [-0.05, 0) is 12.0 Å². The first-order valence-electron chi connectivity index (χ1n) is 10.1. The maximum atomic E-state index is 12.7. The Morgan fingerprint density at radius 3 is 2.28 bits per heavy atom. The molecule has 29 heavy (non-hydrogen) atoms. The van der Waals surface area contributed by atoms with Gasteiger partial charge in [0.2, 0.25) is 5.43 Å². The predicted octanol–water partition coefficient (Wildman–Crippen LogP) is 4.21. The molecule has 2 aromatic rings. The van der Waals surface area contributed by atoms with Crippen molar-refractivity contribution in [2.24, 2.45) is 0 Å². The van der Waals surface area contributed by atoms with Gasteiger partial charge < -0.3 is 9.64 Å². The van der Waals surface area contributed by atoms with E-state index >= 15 is 0 Å². The third-order valence-electron chi connectivity index (χ3n) is 4.36. The lowest BCUT2D eigenvalue weighted by molar-refractivity contribution is 0.0722. The molecule has 3 rings (SSSR count). The fourth-order valence-corrected chi connectivity index (χ4v) is 3.16. The average molecular weight is 400 g/mol. The summed E-state index contributed by atoms with van der Waals surface area (Å²) in [6.45, 7) is 12.3. The summed E-state index contributed by atoms with van der Waals surface area (Å²) in [5, 5.41) is 2.04. The van der Waals surface area contributed by atoms with Crippen LogP contribution in [0.15, 0.2) is 60.0 Å². The minimum atomic E-state index is -0.308. The van der Waals surface area contributed by atoms with E-state index < -0.39 is 0 Å². The van der Waals surface area contributed by atoms with E-state index in [1.165, 1.54) is 13.2 Å². The lowest BCUT2D eigenvalue weighted by Crippen LogP contribution is -2.54. The molecule has 0 N–H and O–H groups in total. The van der Waals surface area contributed by atoms with E-state index in [4.69, 9.17) is 4.74 Å². The van der Waals surface area contributed by atoms with Crippen LogP contribution in [0, 0.1) is 0 Å². The number of nitrogens with zero attached hydrogens (tertiary/aromatic N) is 3. The number of fused-ring (bicyclic) bond motifs is 1. The van der Waals surface area contributed by atoms with Crippen LogP contribution in [0.1, 0.15) is 56.2 Å². The molecule has 1 aromatic carbocycles. The van der Waals surface area contributed by atoms with E-state index in [9.17, 15) is 9.59 Å². The van der Waals surface area contributed by atoms with Crippen molar-refractivity contribution in [3.8, 4) is 5.75 Å². The SMILES string of the molecule is C=CCC(c1ccccc1)N1CN(C)C(=O)c2c(OC)c(=O)ccn21.CC.CC. The van der Waals surface area contributed by atoms with Crippen LogP contribution in [0.5, 0.6) is 5.75 Å². The van der Waals surface area contributed by atoms with Crippen molar-refractivity contribution in [1.29, 1.82) is 0 Å². The van der Waals surface area contributed by atoms with Crippen molar-refractivity contribution in [2.45, 2.75) is 40.2 Å². The van der Waals surface area contributed by atoms with Crippen LogP contribution in [0.4, 0.5) is 0 Å². The third-order valence-corrected chi connectivity index (χ3v) is 4.36. The van der Waals surface area contributed by atoms with E-state index in [0.29, 0.717) is 13.1 Å². The van der Waals surface area contributed by atoms with Crippen LogP contribution in [-0.4, -0.2) is 36.3 Å². The first kappa shape index (κ1) is 24.0. The van der Waals surface area contributed by atoms with Crippen LogP contribution in [0.25, 0.3) is 0 Å². The summed E-state index contributed by atoms with van der Waals surface area (Å²) >= 11 is 0. The molecule has 1 amide bonds. The number of hydrogen-bond donors (Lipinski definition) is 0. The highest BCUT2D eigenvalue weighted by atomic mass is 16.5. The van der Waals surface area contributed by atoms with Crippen LogP contribution >= 0.6 is 0 Å². The smallest absolute Gasteiger partial charge is 0.277 e. The van der Waals surface area contributed by atoms with Gasteiger partial charge in [-0.1, -0.05) is 64.1 Å². The molecule has 1 unspecified atom stereocenters. The summed E-state index contributed by atoms with van der Waals surface area (Å²) in [5.74, 6) is -0.175. The van der Waals surface area contributed by atoms with Crippen molar-refractivity contribution in [3.05, 3.63) is 76.7 Å². The topological polar surface area (TPSA) is 54.8 Å². The second-order valence-electron chi connectivity index (χ2n) is 5.94. The standard InChI is InChI=1S/C19H21N3O3.2C2H6/c1-4-8-15(14-9-6-5-7-10-14)22-13-20(2)19(24)17-18(25-3)16(23)11-12-21(17)22;2*1-2/h4-7,9-12,15H,1,8,13H2,2-3H3;2*1-2H3. The summed E-state index contributed by atoms with van der Waals surface area (Å²) < 4.78 is 6.95. The van der Waals surface area contributed by atoms with Crippen molar-refractivity contribution in [2.75, 3.05) is 25.8 Å². The molecule has 0 radical (unpaired) electrons. The minimum Gasteiger partial charge on any atom is -0.491 e. The summed E-state index contributed by atoms with van der Waals surface area (Å²) in [6, 6.07) is 11.4. The molecule has 0 saturated carbocycles. The number of carbonyl (C=O) groups excluding carboxylic acids is 1. The highest BCUT2D eigenvalue weighted by Crippen LogP contribution is 2.29. The predicted molar refractivity (Wildman–Crippen MR) is 119 cm³/mol. The maximum absolute atomic E-state index is 12.7. The minimum absolute atomic E-state index is 0.0276. The number of amides is 1. The van der Waals surface area contributed by atoms with E-state index in [2.05, 4.69) is 6.58 Å². The highest BCUT2D eigenvalue weighted by Gasteiger charge is 2.34. The van der Waals surface area contributed by atoms with Crippen LogP contribution in [0.2, 0.25) is 0 Å². The molecule has 6 nitrogen and oxygen atoms in total.